The highest BCUT2D eigenvalue weighted by atomic mass is 35.5. The summed E-state index contributed by atoms with van der Waals surface area (Å²) in [6.07, 6.45) is 0. The number of fused-ring (bicyclic) bond motifs is 1. The summed E-state index contributed by atoms with van der Waals surface area (Å²) in [5.41, 5.74) is 1.74. The van der Waals surface area contributed by atoms with Gasteiger partial charge in [-0.05, 0) is 30.7 Å². The first-order chi connectivity index (χ1) is 12.1. The average Bonchev–Trinajstić information content (AvgIpc) is 2.62. The molecule has 4 nitrogen and oxygen atoms in total. The number of benzene rings is 2. The van der Waals surface area contributed by atoms with Crippen molar-refractivity contribution in [3.63, 3.8) is 0 Å². The smallest absolute Gasteiger partial charge is 0.262 e. The van der Waals surface area contributed by atoms with Crippen molar-refractivity contribution in [3.05, 3.63) is 69.5 Å². The number of hydrogen-bond donors (Lipinski definition) is 0. The van der Waals surface area contributed by atoms with Gasteiger partial charge in [-0.2, -0.15) is 0 Å². The lowest BCUT2D eigenvalue weighted by Crippen LogP contribution is -2.25. The standard InChI is InChI=1S/C19H19ClN2O2S/c1-13(14-6-4-3-5-7-14)25-19-21-17-12-15(20)8-9-16(17)18(23)22(19)10-11-24-2/h3-9,12-13H,10-11H2,1-2H3/t13-/m0/s1. The molecule has 1 atom stereocenters. The average molecular weight is 375 g/mol. The summed E-state index contributed by atoms with van der Waals surface area (Å²) in [4.78, 5) is 17.6. The fourth-order valence-corrected chi connectivity index (χ4v) is 3.82. The van der Waals surface area contributed by atoms with Crippen molar-refractivity contribution in [2.45, 2.75) is 23.9 Å². The minimum atomic E-state index is -0.0681. The summed E-state index contributed by atoms with van der Waals surface area (Å²) in [6, 6.07) is 15.3. The van der Waals surface area contributed by atoms with Crippen LogP contribution in [0.1, 0.15) is 17.7 Å². The summed E-state index contributed by atoms with van der Waals surface area (Å²) in [5.74, 6) is 0. The van der Waals surface area contributed by atoms with Crippen LogP contribution < -0.4 is 5.56 Å². The zero-order chi connectivity index (χ0) is 17.8. The Bertz CT molecular complexity index is 928. The Labute approximate surface area is 155 Å². The van der Waals surface area contributed by atoms with Gasteiger partial charge in [0.25, 0.3) is 5.56 Å². The van der Waals surface area contributed by atoms with E-state index in [9.17, 15) is 4.79 Å². The van der Waals surface area contributed by atoms with Gasteiger partial charge in [0.2, 0.25) is 0 Å². The molecular weight excluding hydrogens is 356 g/mol. The molecule has 0 fully saturated rings. The van der Waals surface area contributed by atoms with Crippen molar-refractivity contribution < 1.29 is 4.74 Å². The number of thioether (sulfide) groups is 1. The van der Waals surface area contributed by atoms with Crippen molar-refractivity contribution in [3.8, 4) is 0 Å². The number of hydrogen-bond acceptors (Lipinski definition) is 4. The third kappa shape index (κ3) is 4.06. The fraction of sp³-hybridized carbons (Fsp3) is 0.263. The number of nitrogens with zero attached hydrogens (tertiary/aromatic N) is 2. The molecule has 1 heterocycles. The first kappa shape index (κ1) is 18.0. The van der Waals surface area contributed by atoms with Crippen molar-refractivity contribution in [2.24, 2.45) is 0 Å². The first-order valence-electron chi connectivity index (χ1n) is 8.01. The van der Waals surface area contributed by atoms with Gasteiger partial charge in [0.05, 0.1) is 24.1 Å². The molecule has 2 aromatic carbocycles. The maximum Gasteiger partial charge on any atom is 0.262 e. The van der Waals surface area contributed by atoms with Gasteiger partial charge in [0, 0.05) is 17.4 Å². The van der Waals surface area contributed by atoms with E-state index in [1.807, 2.05) is 18.2 Å². The van der Waals surface area contributed by atoms with Gasteiger partial charge in [0.1, 0.15) is 0 Å². The lowest BCUT2D eigenvalue weighted by Gasteiger charge is -2.16. The van der Waals surface area contributed by atoms with Gasteiger partial charge in [-0.25, -0.2) is 4.98 Å². The van der Waals surface area contributed by atoms with Crippen LogP contribution in [0.3, 0.4) is 0 Å². The van der Waals surface area contributed by atoms with E-state index in [1.165, 1.54) is 5.56 Å². The number of aromatic nitrogens is 2. The number of halogens is 1. The molecule has 0 unspecified atom stereocenters. The lowest BCUT2D eigenvalue weighted by atomic mass is 10.2. The predicted octanol–water partition coefficient (Wildman–Crippen LogP) is 4.55. The molecule has 0 saturated heterocycles. The van der Waals surface area contributed by atoms with Crippen LogP contribution in [0.2, 0.25) is 5.02 Å². The van der Waals surface area contributed by atoms with Crippen LogP contribution in [0.25, 0.3) is 10.9 Å². The molecule has 0 aliphatic rings. The van der Waals surface area contributed by atoms with E-state index in [4.69, 9.17) is 21.3 Å². The van der Waals surface area contributed by atoms with Crippen LogP contribution in [-0.4, -0.2) is 23.3 Å². The van der Waals surface area contributed by atoms with Gasteiger partial charge < -0.3 is 4.74 Å². The largest absolute Gasteiger partial charge is 0.383 e. The maximum atomic E-state index is 12.9. The highest BCUT2D eigenvalue weighted by Crippen LogP contribution is 2.33. The minimum Gasteiger partial charge on any atom is -0.383 e. The lowest BCUT2D eigenvalue weighted by molar-refractivity contribution is 0.183. The van der Waals surface area contributed by atoms with E-state index >= 15 is 0 Å². The minimum absolute atomic E-state index is 0.0681. The van der Waals surface area contributed by atoms with Gasteiger partial charge in [-0.1, -0.05) is 53.7 Å². The Kier molecular flexibility index (Phi) is 5.78. The van der Waals surface area contributed by atoms with Gasteiger partial charge >= 0.3 is 0 Å². The summed E-state index contributed by atoms with van der Waals surface area (Å²) in [6.45, 7) is 3.02. The van der Waals surface area contributed by atoms with Crippen molar-refractivity contribution in [1.82, 2.24) is 9.55 Å². The van der Waals surface area contributed by atoms with Crippen molar-refractivity contribution in [2.75, 3.05) is 13.7 Å². The zero-order valence-corrected chi connectivity index (χ0v) is 15.7. The molecule has 0 aliphatic heterocycles. The summed E-state index contributed by atoms with van der Waals surface area (Å²) in [7, 11) is 1.62. The third-order valence-corrected chi connectivity index (χ3v) is 5.34. The van der Waals surface area contributed by atoms with Gasteiger partial charge in [-0.3, -0.25) is 9.36 Å². The molecule has 1 aromatic heterocycles. The highest BCUT2D eigenvalue weighted by Gasteiger charge is 2.15. The zero-order valence-electron chi connectivity index (χ0n) is 14.1. The second-order valence-corrected chi connectivity index (χ2v) is 7.42. The number of rotatable bonds is 6. The molecular formula is C19H19ClN2O2S. The Morgan fingerprint density at radius 3 is 2.72 bits per heavy atom. The maximum absolute atomic E-state index is 12.9. The first-order valence-corrected chi connectivity index (χ1v) is 9.26. The van der Waals surface area contributed by atoms with E-state index in [0.29, 0.717) is 34.2 Å². The van der Waals surface area contributed by atoms with Crippen molar-refractivity contribution >= 4 is 34.3 Å². The molecule has 0 radical (unpaired) electrons. The van der Waals surface area contributed by atoms with Crippen LogP contribution in [-0.2, 0) is 11.3 Å². The van der Waals surface area contributed by atoms with Crippen LogP contribution in [0.4, 0.5) is 0 Å². The quantitative estimate of drug-likeness (QED) is 0.469. The molecule has 25 heavy (non-hydrogen) atoms. The molecule has 3 rings (SSSR count). The van der Waals surface area contributed by atoms with Crippen molar-refractivity contribution in [1.29, 1.82) is 0 Å². The molecule has 0 N–H and O–H groups in total. The van der Waals surface area contributed by atoms with Crippen LogP contribution in [0.5, 0.6) is 0 Å². The Hall–Kier alpha value is -1.82. The molecule has 0 bridgehead atoms. The normalized spacial score (nSPS) is 12.4. The Morgan fingerprint density at radius 1 is 1.24 bits per heavy atom. The van der Waals surface area contributed by atoms with Crippen LogP contribution in [0.15, 0.2) is 58.5 Å². The van der Waals surface area contributed by atoms with E-state index in [0.717, 1.165) is 0 Å². The molecule has 3 aromatic rings. The summed E-state index contributed by atoms with van der Waals surface area (Å²) < 4.78 is 6.84. The number of methoxy groups -OCH3 is 1. The molecule has 0 amide bonds. The molecule has 0 saturated carbocycles. The highest BCUT2D eigenvalue weighted by molar-refractivity contribution is 7.99. The molecule has 0 aliphatic carbocycles. The summed E-state index contributed by atoms with van der Waals surface area (Å²) >= 11 is 7.63. The van der Waals surface area contributed by atoms with Crippen LogP contribution in [0, 0.1) is 0 Å². The molecule has 6 heteroatoms. The third-order valence-electron chi connectivity index (χ3n) is 3.95. The Morgan fingerprint density at radius 2 is 2.00 bits per heavy atom. The molecule has 130 valence electrons. The molecule has 0 spiro atoms. The second-order valence-electron chi connectivity index (χ2n) is 5.68. The van der Waals surface area contributed by atoms with Crippen LogP contribution >= 0.6 is 23.4 Å². The SMILES string of the molecule is COCCn1c(S[C@@H](C)c2ccccc2)nc2cc(Cl)ccc2c1=O. The van der Waals surface area contributed by atoms with E-state index < -0.39 is 0 Å². The predicted molar refractivity (Wildman–Crippen MR) is 104 cm³/mol. The fourth-order valence-electron chi connectivity index (χ4n) is 2.59. The Balaban J connectivity index is 2.06. The topological polar surface area (TPSA) is 44.1 Å². The van der Waals surface area contributed by atoms with E-state index in [2.05, 4.69) is 19.1 Å². The number of ether oxygens (including phenoxy) is 1. The second kappa shape index (κ2) is 8.04. The monoisotopic (exact) mass is 374 g/mol. The van der Waals surface area contributed by atoms with Gasteiger partial charge in [-0.15, -0.1) is 0 Å². The van der Waals surface area contributed by atoms with E-state index in [-0.39, 0.29) is 10.8 Å². The van der Waals surface area contributed by atoms with E-state index in [1.54, 1.807) is 41.6 Å². The van der Waals surface area contributed by atoms with Gasteiger partial charge in [0.15, 0.2) is 5.16 Å². The summed E-state index contributed by atoms with van der Waals surface area (Å²) in [5, 5.41) is 1.98.